The number of hydrogen-bond acceptors (Lipinski definition) is 3. The van der Waals surface area contributed by atoms with E-state index < -0.39 is 6.04 Å². The Morgan fingerprint density at radius 2 is 2.20 bits per heavy atom. The molecule has 4 heteroatoms. The number of aryl methyl sites for hydroxylation is 1. The van der Waals surface area contributed by atoms with E-state index in [4.69, 9.17) is 5.73 Å². The van der Waals surface area contributed by atoms with Gasteiger partial charge in [-0.15, -0.1) is 0 Å². The van der Waals surface area contributed by atoms with Crippen LogP contribution in [0.5, 0.6) is 0 Å². The number of nitrogens with one attached hydrogen (secondary N) is 2. The van der Waals surface area contributed by atoms with Crippen LogP contribution < -0.4 is 16.4 Å². The molecule has 2 rings (SSSR count). The highest BCUT2D eigenvalue weighted by Crippen LogP contribution is 2.14. The zero-order chi connectivity index (χ0) is 14.4. The molecule has 1 aliphatic rings. The molecule has 0 bridgehead atoms. The van der Waals surface area contributed by atoms with Crippen molar-refractivity contribution < 1.29 is 4.79 Å². The van der Waals surface area contributed by atoms with Gasteiger partial charge in [-0.05, 0) is 50.8 Å². The van der Waals surface area contributed by atoms with Crippen molar-refractivity contribution in [1.29, 1.82) is 0 Å². The van der Waals surface area contributed by atoms with Gasteiger partial charge in [0.2, 0.25) is 5.91 Å². The van der Waals surface area contributed by atoms with Crippen LogP contribution in [0.15, 0.2) is 24.3 Å². The summed E-state index contributed by atoms with van der Waals surface area (Å²) in [7, 11) is 0. The third-order valence-electron chi connectivity index (χ3n) is 3.97. The van der Waals surface area contributed by atoms with Gasteiger partial charge in [0.25, 0.3) is 0 Å². The Kier molecular flexibility index (Phi) is 5.56. The molecule has 1 fully saturated rings. The molecule has 1 aliphatic heterocycles. The number of benzene rings is 1. The standard InChI is InChI=1S/C16H25N3O/c1-12-4-6-14(7-5-12)15(17)16(20)19-10-8-13-3-2-9-18-11-13/h4-7,13,15,18H,2-3,8-11,17H2,1H3,(H,19,20). The van der Waals surface area contributed by atoms with E-state index in [2.05, 4.69) is 10.6 Å². The lowest BCUT2D eigenvalue weighted by Crippen LogP contribution is -2.37. The third-order valence-corrected chi connectivity index (χ3v) is 3.97. The molecule has 0 aromatic heterocycles. The lowest BCUT2D eigenvalue weighted by molar-refractivity contribution is -0.122. The maximum atomic E-state index is 12.0. The Hall–Kier alpha value is -1.39. The topological polar surface area (TPSA) is 67.2 Å². The highest BCUT2D eigenvalue weighted by Gasteiger charge is 2.17. The van der Waals surface area contributed by atoms with Gasteiger partial charge >= 0.3 is 0 Å². The summed E-state index contributed by atoms with van der Waals surface area (Å²) in [6, 6.07) is 7.24. The van der Waals surface area contributed by atoms with Crippen LogP contribution in [0, 0.1) is 12.8 Å². The highest BCUT2D eigenvalue weighted by atomic mass is 16.2. The molecular formula is C16H25N3O. The van der Waals surface area contributed by atoms with Crippen LogP contribution >= 0.6 is 0 Å². The molecule has 0 radical (unpaired) electrons. The molecule has 20 heavy (non-hydrogen) atoms. The van der Waals surface area contributed by atoms with Gasteiger partial charge in [-0.3, -0.25) is 4.79 Å². The first-order chi connectivity index (χ1) is 9.66. The second-order valence-electron chi connectivity index (χ2n) is 5.68. The van der Waals surface area contributed by atoms with Gasteiger partial charge in [0.05, 0.1) is 0 Å². The number of piperidine rings is 1. The number of carbonyl (C=O) groups excluding carboxylic acids is 1. The summed E-state index contributed by atoms with van der Waals surface area (Å²) in [6.07, 6.45) is 3.52. The molecule has 0 spiro atoms. The van der Waals surface area contributed by atoms with E-state index in [9.17, 15) is 4.79 Å². The van der Waals surface area contributed by atoms with E-state index in [-0.39, 0.29) is 5.91 Å². The van der Waals surface area contributed by atoms with Crippen LogP contribution in [-0.4, -0.2) is 25.5 Å². The van der Waals surface area contributed by atoms with E-state index >= 15 is 0 Å². The smallest absolute Gasteiger partial charge is 0.241 e. The van der Waals surface area contributed by atoms with Crippen molar-refractivity contribution in [3.63, 3.8) is 0 Å². The molecule has 1 saturated heterocycles. The maximum Gasteiger partial charge on any atom is 0.241 e. The summed E-state index contributed by atoms with van der Waals surface area (Å²) in [5, 5.41) is 6.34. The van der Waals surface area contributed by atoms with Crippen molar-refractivity contribution in [1.82, 2.24) is 10.6 Å². The monoisotopic (exact) mass is 275 g/mol. The van der Waals surface area contributed by atoms with Crippen molar-refractivity contribution in [2.24, 2.45) is 11.7 Å². The van der Waals surface area contributed by atoms with Gasteiger partial charge in [-0.1, -0.05) is 29.8 Å². The lowest BCUT2D eigenvalue weighted by atomic mass is 9.96. The van der Waals surface area contributed by atoms with E-state index in [0.717, 1.165) is 25.1 Å². The zero-order valence-corrected chi connectivity index (χ0v) is 12.2. The minimum atomic E-state index is -0.569. The van der Waals surface area contributed by atoms with Gasteiger partial charge in [0.15, 0.2) is 0 Å². The van der Waals surface area contributed by atoms with Gasteiger partial charge in [0.1, 0.15) is 6.04 Å². The maximum absolute atomic E-state index is 12.0. The predicted octanol–water partition coefficient (Wildman–Crippen LogP) is 1.50. The minimum absolute atomic E-state index is 0.0855. The van der Waals surface area contributed by atoms with Crippen molar-refractivity contribution in [2.75, 3.05) is 19.6 Å². The van der Waals surface area contributed by atoms with E-state index in [1.165, 1.54) is 18.4 Å². The largest absolute Gasteiger partial charge is 0.354 e. The van der Waals surface area contributed by atoms with Crippen molar-refractivity contribution in [3.05, 3.63) is 35.4 Å². The number of amides is 1. The first kappa shape index (κ1) is 15.0. The van der Waals surface area contributed by atoms with Crippen LogP contribution in [0.3, 0.4) is 0 Å². The van der Waals surface area contributed by atoms with Crippen molar-refractivity contribution in [2.45, 2.75) is 32.2 Å². The van der Waals surface area contributed by atoms with Gasteiger partial charge in [0, 0.05) is 6.54 Å². The molecule has 110 valence electrons. The predicted molar refractivity (Wildman–Crippen MR) is 81.3 cm³/mol. The lowest BCUT2D eigenvalue weighted by Gasteiger charge is -2.23. The Balaban J connectivity index is 1.74. The fourth-order valence-corrected chi connectivity index (χ4v) is 2.60. The summed E-state index contributed by atoms with van der Waals surface area (Å²) in [6.45, 7) is 4.93. The van der Waals surface area contributed by atoms with Gasteiger partial charge in [-0.2, -0.15) is 0 Å². The Labute approximate surface area is 121 Å². The molecule has 4 N–H and O–H groups in total. The van der Waals surface area contributed by atoms with Crippen molar-refractivity contribution in [3.8, 4) is 0 Å². The second-order valence-corrected chi connectivity index (χ2v) is 5.68. The average molecular weight is 275 g/mol. The molecule has 4 nitrogen and oxygen atoms in total. The number of hydrogen-bond donors (Lipinski definition) is 3. The Morgan fingerprint density at radius 3 is 2.85 bits per heavy atom. The summed E-state index contributed by atoms with van der Waals surface area (Å²) in [5.41, 5.74) is 8.02. The molecule has 1 aromatic carbocycles. The summed E-state index contributed by atoms with van der Waals surface area (Å²) < 4.78 is 0. The van der Waals surface area contributed by atoms with Gasteiger partial charge < -0.3 is 16.4 Å². The van der Waals surface area contributed by atoms with Crippen molar-refractivity contribution >= 4 is 5.91 Å². The molecule has 1 amide bonds. The first-order valence-electron chi connectivity index (χ1n) is 7.47. The average Bonchev–Trinajstić information content (AvgIpc) is 2.48. The van der Waals surface area contributed by atoms with E-state index in [0.29, 0.717) is 12.5 Å². The van der Waals surface area contributed by atoms with E-state index in [1.807, 2.05) is 31.2 Å². The van der Waals surface area contributed by atoms with E-state index in [1.54, 1.807) is 0 Å². The molecule has 2 unspecified atom stereocenters. The van der Waals surface area contributed by atoms with Crippen LogP contribution in [0.1, 0.15) is 36.4 Å². The minimum Gasteiger partial charge on any atom is -0.354 e. The molecule has 1 aromatic rings. The van der Waals surface area contributed by atoms with Crippen LogP contribution in [0.4, 0.5) is 0 Å². The van der Waals surface area contributed by atoms with Crippen LogP contribution in [-0.2, 0) is 4.79 Å². The Bertz CT molecular complexity index is 424. The quantitative estimate of drug-likeness (QED) is 0.763. The summed E-state index contributed by atoms with van der Waals surface area (Å²) in [5.74, 6) is 0.595. The molecule has 1 heterocycles. The number of nitrogens with two attached hydrogens (primary N) is 1. The van der Waals surface area contributed by atoms with Crippen LogP contribution in [0.25, 0.3) is 0 Å². The first-order valence-corrected chi connectivity index (χ1v) is 7.47. The molecule has 2 atom stereocenters. The highest BCUT2D eigenvalue weighted by molar-refractivity contribution is 5.82. The number of rotatable bonds is 5. The molecular weight excluding hydrogens is 250 g/mol. The zero-order valence-electron chi connectivity index (χ0n) is 12.2. The fourth-order valence-electron chi connectivity index (χ4n) is 2.60. The second kappa shape index (κ2) is 7.41. The Morgan fingerprint density at radius 1 is 1.45 bits per heavy atom. The van der Waals surface area contributed by atoms with Crippen LogP contribution in [0.2, 0.25) is 0 Å². The third kappa shape index (κ3) is 4.32. The SMILES string of the molecule is Cc1ccc(C(N)C(=O)NCCC2CCCNC2)cc1. The molecule has 0 saturated carbocycles. The summed E-state index contributed by atoms with van der Waals surface area (Å²) >= 11 is 0. The normalized spacial score (nSPS) is 20.4. The molecule has 0 aliphatic carbocycles. The summed E-state index contributed by atoms with van der Waals surface area (Å²) in [4.78, 5) is 12.0. The number of carbonyl (C=O) groups is 1. The fraction of sp³-hybridized carbons (Fsp3) is 0.562. The van der Waals surface area contributed by atoms with Gasteiger partial charge in [-0.25, -0.2) is 0 Å².